The summed E-state index contributed by atoms with van der Waals surface area (Å²) in [5, 5.41) is 3.21. The second kappa shape index (κ2) is 4.93. The molecule has 1 fully saturated rings. The number of halogens is 1. The van der Waals surface area contributed by atoms with Crippen molar-refractivity contribution in [2.24, 2.45) is 0 Å². The van der Waals surface area contributed by atoms with Gasteiger partial charge in [-0.25, -0.2) is 4.98 Å². The summed E-state index contributed by atoms with van der Waals surface area (Å²) in [6.45, 7) is 0.821. The highest BCUT2D eigenvalue weighted by Gasteiger charge is 2.21. The number of rotatable bonds is 2. The normalized spacial score (nSPS) is 25.3. The number of carbonyl (C=O) groups is 1. The van der Waals surface area contributed by atoms with Crippen molar-refractivity contribution < 1.29 is 4.79 Å². The zero-order valence-electron chi connectivity index (χ0n) is 8.82. The lowest BCUT2D eigenvalue weighted by atomic mass is 9.90. The lowest BCUT2D eigenvalue weighted by molar-refractivity contribution is -0.110. The third kappa shape index (κ3) is 2.41. The molecule has 0 amide bonds. The average Bonchev–Trinajstić information content (AvgIpc) is 2.33. The maximum absolute atomic E-state index is 10.6. The van der Waals surface area contributed by atoms with Gasteiger partial charge in [-0.1, -0.05) is 0 Å². The van der Waals surface area contributed by atoms with E-state index < -0.39 is 0 Å². The molecule has 16 heavy (non-hydrogen) atoms. The quantitative estimate of drug-likeness (QED) is 0.807. The molecular formula is C11H14BrN3O. The fourth-order valence-electron chi connectivity index (χ4n) is 1.97. The summed E-state index contributed by atoms with van der Waals surface area (Å²) in [6.07, 6.45) is 4.69. The van der Waals surface area contributed by atoms with Crippen LogP contribution in [0.3, 0.4) is 0 Å². The number of nitrogens with zero attached hydrogens (tertiary/aromatic N) is 1. The SMILES string of the molecule is Nc1ncc(C2CCC(C=O)NC2)cc1Br. The molecule has 1 aromatic rings. The Morgan fingerprint density at radius 2 is 2.38 bits per heavy atom. The van der Waals surface area contributed by atoms with E-state index >= 15 is 0 Å². The van der Waals surface area contributed by atoms with Gasteiger partial charge in [-0.15, -0.1) is 0 Å². The highest BCUT2D eigenvalue weighted by molar-refractivity contribution is 9.10. The number of nitrogens with two attached hydrogens (primary N) is 1. The van der Waals surface area contributed by atoms with Crippen LogP contribution in [0.5, 0.6) is 0 Å². The summed E-state index contributed by atoms with van der Waals surface area (Å²) in [7, 11) is 0. The van der Waals surface area contributed by atoms with Crippen LogP contribution < -0.4 is 11.1 Å². The zero-order valence-corrected chi connectivity index (χ0v) is 10.4. The second-order valence-electron chi connectivity index (χ2n) is 4.06. The van der Waals surface area contributed by atoms with E-state index in [9.17, 15) is 4.79 Å². The van der Waals surface area contributed by atoms with Crippen LogP contribution in [0, 0.1) is 0 Å². The van der Waals surface area contributed by atoms with Gasteiger partial charge in [0.1, 0.15) is 12.1 Å². The van der Waals surface area contributed by atoms with Crippen molar-refractivity contribution in [2.45, 2.75) is 24.8 Å². The third-order valence-electron chi connectivity index (χ3n) is 2.98. The predicted molar refractivity (Wildman–Crippen MR) is 66.2 cm³/mol. The van der Waals surface area contributed by atoms with Crippen LogP contribution >= 0.6 is 15.9 Å². The summed E-state index contributed by atoms with van der Waals surface area (Å²) in [4.78, 5) is 14.7. The highest BCUT2D eigenvalue weighted by Crippen LogP contribution is 2.28. The molecule has 1 saturated heterocycles. The summed E-state index contributed by atoms with van der Waals surface area (Å²) < 4.78 is 0.836. The summed E-state index contributed by atoms with van der Waals surface area (Å²) in [6, 6.07) is 2.03. The molecule has 1 aliphatic rings. The van der Waals surface area contributed by atoms with Crippen LogP contribution in [0.15, 0.2) is 16.7 Å². The van der Waals surface area contributed by atoms with E-state index in [1.807, 2.05) is 12.3 Å². The van der Waals surface area contributed by atoms with Crippen LogP contribution in [0.1, 0.15) is 24.3 Å². The first-order valence-electron chi connectivity index (χ1n) is 5.30. The van der Waals surface area contributed by atoms with Crippen molar-refractivity contribution in [3.8, 4) is 0 Å². The van der Waals surface area contributed by atoms with Crippen molar-refractivity contribution in [1.82, 2.24) is 10.3 Å². The van der Waals surface area contributed by atoms with Gasteiger partial charge >= 0.3 is 0 Å². The van der Waals surface area contributed by atoms with E-state index in [2.05, 4.69) is 26.2 Å². The van der Waals surface area contributed by atoms with Crippen LogP contribution in [0.4, 0.5) is 5.82 Å². The van der Waals surface area contributed by atoms with E-state index in [1.165, 1.54) is 0 Å². The minimum absolute atomic E-state index is 0.0152. The molecule has 0 radical (unpaired) electrons. The van der Waals surface area contributed by atoms with Gasteiger partial charge in [0.25, 0.3) is 0 Å². The van der Waals surface area contributed by atoms with Gasteiger partial charge in [0.15, 0.2) is 0 Å². The lowest BCUT2D eigenvalue weighted by Gasteiger charge is -2.27. The Kier molecular flexibility index (Phi) is 3.56. The number of pyridine rings is 1. The molecular weight excluding hydrogens is 270 g/mol. The number of piperidine rings is 1. The van der Waals surface area contributed by atoms with E-state index in [0.29, 0.717) is 11.7 Å². The summed E-state index contributed by atoms with van der Waals surface area (Å²) >= 11 is 3.37. The van der Waals surface area contributed by atoms with Crippen molar-refractivity contribution in [2.75, 3.05) is 12.3 Å². The summed E-state index contributed by atoms with van der Waals surface area (Å²) in [5.41, 5.74) is 6.81. The molecule has 2 heterocycles. The number of nitrogen functional groups attached to an aromatic ring is 1. The maximum atomic E-state index is 10.6. The first kappa shape index (κ1) is 11.5. The van der Waals surface area contributed by atoms with Gasteiger partial charge in [-0.2, -0.15) is 0 Å². The smallest absolute Gasteiger partial charge is 0.137 e. The molecule has 86 valence electrons. The third-order valence-corrected chi connectivity index (χ3v) is 3.61. The zero-order chi connectivity index (χ0) is 11.5. The van der Waals surface area contributed by atoms with E-state index in [-0.39, 0.29) is 6.04 Å². The van der Waals surface area contributed by atoms with Crippen molar-refractivity contribution in [3.05, 3.63) is 22.3 Å². The minimum atomic E-state index is 0.0152. The second-order valence-corrected chi connectivity index (χ2v) is 4.92. The van der Waals surface area contributed by atoms with Gasteiger partial charge < -0.3 is 15.8 Å². The molecule has 3 N–H and O–H groups in total. The molecule has 0 bridgehead atoms. The maximum Gasteiger partial charge on any atom is 0.137 e. The van der Waals surface area contributed by atoms with Crippen molar-refractivity contribution in [3.63, 3.8) is 0 Å². The number of carbonyl (C=O) groups excluding carboxylic acids is 1. The fourth-order valence-corrected chi connectivity index (χ4v) is 2.33. The first-order chi connectivity index (χ1) is 7.70. The molecule has 1 aromatic heterocycles. The molecule has 5 heteroatoms. The van der Waals surface area contributed by atoms with Gasteiger partial charge in [0, 0.05) is 12.7 Å². The first-order valence-corrected chi connectivity index (χ1v) is 6.09. The summed E-state index contributed by atoms with van der Waals surface area (Å²) in [5.74, 6) is 0.930. The van der Waals surface area contributed by atoms with Crippen molar-refractivity contribution in [1.29, 1.82) is 0 Å². The number of nitrogens with one attached hydrogen (secondary N) is 1. The molecule has 4 nitrogen and oxygen atoms in total. The van der Waals surface area contributed by atoms with Gasteiger partial charge in [-0.05, 0) is 46.3 Å². The molecule has 2 atom stereocenters. The number of hydrogen-bond donors (Lipinski definition) is 2. The molecule has 0 saturated carbocycles. The Labute approximate surface area is 103 Å². The molecule has 1 aliphatic heterocycles. The van der Waals surface area contributed by atoms with Gasteiger partial charge in [-0.3, -0.25) is 0 Å². The average molecular weight is 284 g/mol. The highest BCUT2D eigenvalue weighted by atomic mass is 79.9. The molecule has 2 rings (SSSR count). The largest absolute Gasteiger partial charge is 0.383 e. The van der Waals surface area contributed by atoms with E-state index in [4.69, 9.17) is 5.73 Å². The topological polar surface area (TPSA) is 68.0 Å². The Morgan fingerprint density at radius 3 is 2.94 bits per heavy atom. The molecule has 0 aromatic carbocycles. The van der Waals surface area contributed by atoms with Gasteiger partial charge in [0.2, 0.25) is 0 Å². The fraction of sp³-hybridized carbons (Fsp3) is 0.455. The molecule has 2 unspecified atom stereocenters. The van der Waals surface area contributed by atoms with Crippen LogP contribution in [0.25, 0.3) is 0 Å². The van der Waals surface area contributed by atoms with Crippen molar-refractivity contribution >= 4 is 28.0 Å². The number of aldehydes is 1. The Morgan fingerprint density at radius 1 is 1.56 bits per heavy atom. The van der Waals surface area contributed by atoms with Crippen LogP contribution in [-0.2, 0) is 4.79 Å². The number of aromatic nitrogens is 1. The van der Waals surface area contributed by atoms with E-state index in [0.717, 1.165) is 35.7 Å². The van der Waals surface area contributed by atoms with Crippen LogP contribution in [-0.4, -0.2) is 23.9 Å². The lowest BCUT2D eigenvalue weighted by Crippen LogP contribution is -2.38. The standard InChI is InChI=1S/C11H14BrN3O/c12-10-3-8(5-15-11(10)13)7-1-2-9(6-16)14-4-7/h3,5-7,9,14H,1-2,4H2,(H2,13,15). The number of hydrogen-bond acceptors (Lipinski definition) is 4. The monoisotopic (exact) mass is 283 g/mol. The predicted octanol–water partition coefficient (Wildman–Crippen LogP) is 1.46. The molecule has 0 aliphatic carbocycles. The Bertz CT molecular complexity index is 389. The Hall–Kier alpha value is -0.940. The van der Waals surface area contributed by atoms with E-state index in [1.54, 1.807) is 0 Å². The molecule has 0 spiro atoms. The minimum Gasteiger partial charge on any atom is -0.383 e. The van der Waals surface area contributed by atoms with Gasteiger partial charge in [0.05, 0.1) is 10.5 Å². The van der Waals surface area contributed by atoms with Crippen LogP contribution in [0.2, 0.25) is 0 Å². The number of anilines is 1. The Balaban J connectivity index is 2.08.